The minimum Gasteiger partial charge on any atom is -0.360 e. The first-order chi connectivity index (χ1) is 8.65. The molecule has 6 heteroatoms. The molecule has 6 nitrogen and oxygen atoms in total. The molecule has 1 atom stereocenters. The molecule has 94 valence electrons. The van der Waals surface area contributed by atoms with Gasteiger partial charge in [-0.1, -0.05) is 11.2 Å². The SMILES string of the molecule is Cc1cc(NC(=O)NC(C)c2ccccn2)no1. The lowest BCUT2D eigenvalue weighted by molar-refractivity contribution is 0.249. The number of aryl methyl sites for hydroxylation is 1. The van der Waals surface area contributed by atoms with Crippen molar-refractivity contribution in [2.24, 2.45) is 0 Å². The highest BCUT2D eigenvalue weighted by molar-refractivity contribution is 5.88. The fraction of sp³-hybridized carbons (Fsp3) is 0.250. The number of amides is 2. The molecule has 0 fully saturated rings. The van der Waals surface area contributed by atoms with E-state index in [-0.39, 0.29) is 12.1 Å². The molecule has 2 rings (SSSR count). The van der Waals surface area contributed by atoms with Crippen LogP contribution in [0.4, 0.5) is 10.6 Å². The number of rotatable bonds is 3. The number of aromatic nitrogens is 2. The average molecular weight is 246 g/mol. The fourth-order valence-corrected chi connectivity index (χ4v) is 1.48. The zero-order valence-electron chi connectivity index (χ0n) is 10.2. The number of carbonyl (C=O) groups is 1. The van der Waals surface area contributed by atoms with Crippen LogP contribution < -0.4 is 10.6 Å². The van der Waals surface area contributed by atoms with Crippen molar-refractivity contribution >= 4 is 11.8 Å². The van der Waals surface area contributed by atoms with Crippen LogP contribution in [0.5, 0.6) is 0 Å². The summed E-state index contributed by atoms with van der Waals surface area (Å²) >= 11 is 0. The maximum Gasteiger partial charge on any atom is 0.321 e. The van der Waals surface area contributed by atoms with E-state index in [0.29, 0.717) is 11.6 Å². The van der Waals surface area contributed by atoms with Crippen LogP contribution in [0.25, 0.3) is 0 Å². The molecule has 2 N–H and O–H groups in total. The highest BCUT2D eigenvalue weighted by Gasteiger charge is 2.11. The quantitative estimate of drug-likeness (QED) is 0.870. The number of hydrogen-bond donors (Lipinski definition) is 2. The van der Waals surface area contributed by atoms with Gasteiger partial charge in [-0.3, -0.25) is 10.3 Å². The molecule has 18 heavy (non-hydrogen) atoms. The van der Waals surface area contributed by atoms with E-state index in [1.807, 2.05) is 25.1 Å². The topological polar surface area (TPSA) is 80.0 Å². The Bertz CT molecular complexity index is 524. The molecule has 0 radical (unpaired) electrons. The van der Waals surface area contributed by atoms with Crippen molar-refractivity contribution in [2.45, 2.75) is 19.9 Å². The van der Waals surface area contributed by atoms with E-state index in [1.165, 1.54) is 0 Å². The number of hydrogen-bond acceptors (Lipinski definition) is 4. The summed E-state index contributed by atoms with van der Waals surface area (Å²) in [5.74, 6) is 1.03. The second-order valence-corrected chi connectivity index (χ2v) is 3.90. The predicted octanol–water partition coefficient (Wildman–Crippen LogP) is 2.26. The Labute approximate surface area is 104 Å². The van der Waals surface area contributed by atoms with Gasteiger partial charge in [-0.2, -0.15) is 0 Å². The Hall–Kier alpha value is -2.37. The summed E-state index contributed by atoms with van der Waals surface area (Å²) in [5, 5.41) is 9.01. The highest BCUT2D eigenvalue weighted by atomic mass is 16.5. The first-order valence-electron chi connectivity index (χ1n) is 5.57. The normalized spacial score (nSPS) is 11.9. The van der Waals surface area contributed by atoms with Crippen LogP contribution in [0.2, 0.25) is 0 Å². The number of carbonyl (C=O) groups excluding carboxylic acids is 1. The minimum atomic E-state index is -0.346. The summed E-state index contributed by atoms with van der Waals surface area (Å²) < 4.78 is 4.85. The molecular weight excluding hydrogens is 232 g/mol. The maximum absolute atomic E-state index is 11.7. The van der Waals surface area contributed by atoms with E-state index in [2.05, 4.69) is 20.8 Å². The number of anilines is 1. The van der Waals surface area contributed by atoms with Gasteiger partial charge in [0.25, 0.3) is 0 Å². The number of nitrogens with one attached hydrogen (secondary N) is 2. The van der Waals surface area contributed by atoms with Gasteiger partial charge in [-0.15, -0.1) is 0 Å². The lowest BCUT2D eigenvalue weighted by atomic mass is 10.2. The van der Waals surface area contributed by atoms with Crippen LogP contribution in [0, 0.1) is 6.92 Å². The van der Waals surface area contributed by atoms with Gasteiger partial charge in [0.2, 0.25) is 0 Å². The van der Waals surface area contributed by atoms with Crippen LogP contribution in [0.3, 0.4) is 0 Å². The second kappa shape index (κ2) is 5.31. The minimum absolute atomic E-state index is 0.181. The Morgan fingerprint density at radius 3 is 2.89 bits per heavy atom. The van der Waals surface area contributed by atoms with Gasteiger partial charge in [0.15, 0.2) is 5.82 Å². The Kier molecular flexibility index (Phi) is 3.57. The summed E-state index contributed by atoms with van der Waals surface area (Å²) in [6.07, 6.45) is 1.69. The van der Waals surface area contributed by atoms with Crippen LogP contribution in [-0.2, 0) is 0 Å². The number of urea groups is 1. The van der Waals surface area contributed by atoms with Gasteiger partial charge < -0.3 is 9.84 Å². The largest absolute Gasteiger partial charge is 0.360 e. The van der Waals surface area contributed by atoms with Crippen molar-refractivity contribution in [3.8, 4) is 0 Å². The molecule has 2 heterocycles. The lowest BCUT2D eigenvalue weighted by Crippen LogP contribution is -2.31. The highest BCUT2D eigenvalue weighted by Crippen LogP contribution is 2.10. The third-order valence-electron chi connectivity index (χ3n) is 2.35. The Morgan fingerprint density at radius 1 is 1.44 bits per heavy atom. The monoisotopic (exact) mass is 246 g/mol. The molecule has 2 aromatic rings. The van der Waals surface area contributed by atoms with Crippen molar-refractivity contribution < 1.29 is 9.32 Å². The molecule has 2 aromatic heterocycles. The smallest absolute Gasteiger partial charge is 0.321 e. The second-order valence-electron chi connectivity index (χ2n) is 3.90. The van der Waals surface area contributed by atoms with Gasteiger partial charge in [0, 0.05) is 12.3 Å². The predicted molar refractivity (Wildman–Crippen MR) is 66.0 cm³/mol. The molecular formula is C12H14N4O2. The van der Waals surface area contributed by atoms with Gasteiger partial charge in [-0.25, -0.2) is 4.79 Å². The van der Waals surface area contributed by atoms with E-state index < -0.39 is 0 Å². The summed E-state index contributed by atoms with van der Waals surface area (Å²) in [4.78, 5) is 15.8. The summed E-state index contributed by atoms with van der Waals surface area (Å²) in [5.41, 5.74) is 0.795. The molecule has 0 saturated heterocycles. The van der Waals surface area contributed by atoms with E-state index in [1.54, 1.807) is 19.2 Å². The zero-order chi connectivity index (χ0) is 13.0. The van der Waals surface area contributed by atoms with E-state index in [4.69, 9.17) is 4.52 Å². The third-order valence-corrected chi connectivity index (χ3v) is 2.35. The third kappa shape index (κ3) is 3.07. The van der Waals surface area contributed by atoms with Gasteiger partial charge >= 0.3 is 6.03 Å². The lowest BCUT2D eigenvalue weighted by Gasteiger charge is -2.12. The van der Waals surface area contributed by atoms with Crippen molar-refractivity contribution in [1.82, 2.24) is 15.5 Å². The van der Waals surface area contributed by atoms with Crippen molar-refractivity contribution in [3.05, 3.63) is 41.9 Å². The first kappa shape index (κ1) is 12.1. The molecule has 0 bridgehead atoms. The summed E-state index contributed by atoms with van der Waals surface area (Å²) in [6, 6.07) is 6.67. The Morgan fingerprint density at radius 2 is 2.28 bits per heavy atom. The molecule has 0 aromatic carbocycles. The van der Waals surface area contributed by atoms with Crippen molar-refractivity contribution in [2.75, 3.05) is 5.32 Å². The van der Waals surface area contributed by atoms with Crippen molar-refractivity contribution in [3.63, 3.8) is 0 Å². The van der Waals surface area contributed by atoms with Crippen LogP contribution >= 0.6 is 0 Å². The molecule has 0 aliphatic rings. The van der Waals surface area contributed by atoms with E-state index >= 15 is 0 Å². The van der Waals surface area contributed by atoms with Crippen LogP contribution in [0.1, 0.15) is 24.4 Å². The molecule has 0 aliphatic heterocycles. The first-order valence-corrected chi connectivity index (χ1v) is 5.57. The van der Waals surface area contributed by atoms with Gasteiger partial charge in [0.1, 0.15) is 5.76 Å². The molecule has 0 spiro atoms. The molecule has 2 amide bonds. The standard InChI is InChI=1S/C12H14N4O2/c1-8-7-11(16-18-8)15-12(17)14-9(2)10-5-3-4-6-13-10/h3-7,9H,1-2H3,(H2,14,15,16,17). The van der Waals surface area contributed by atoms with Gasteiger partial charge in [0.05, 0.1) is 11.7 Å². The average Bonchev–Trinajstić information content (AvgIpc) is 2.75. The summed E-state index contributed by atoms with van der Waals surface area (Å²) in [6.45, 7) is 3.61. The van der Waals surface area contributed by atoms with E-state index in [9.17, 15) is 4.79 Å². The van der Waals surface area contributed by atoms with Crippen LogP contribution in [0.15, 0.2) is 35.0 Å². The Balaban J connectivity index is 1.92. The number of nitrogens with zero attached hydrogens (tertiary/aromatic N) is 2. The number of pyridine rings is 1. The molecule has 1 unspecified atom stereocenters. The maximum atomic E-state index is 11.7. The zero-order valence-corrected chi connectivity index (χ0v) is 10.2. The van der Waals surface area contributed by atoms with E-state index in [0.717, 1.165) is 5.69 Å². The van der Waals surface area contributed by atoms with Gasteiger partial charge in [-0.05, 0) is 26.0 Å². The molecule has 0 saturated carbocycles. The van der Waals surface area contributed by atoms with Crippen molar-refractivity contribution in [1.29, 1.82) is 0 Å². The molecule has 0 aliphatic carbocycles. The summed E-state index contributed by atoms with van der Waals surface area (Å²) in [7, 11) is 0. The van der Waals surface area contributed by atoms with Crippen LogP contribution in [-0.4, -0.2) is 16.2 Å². The fourth-order valence-electron chi connectivity index (χ4n) is 1.48.